The third-order valence-corrected chi connectivity index (χ3v) is 4.76. The lowest BCUT2D eigenvalue weighted by atomic mass is 10.0. The molecule has 0 fully saturated rings. The van der Waals surface area contributed by atoms with Crippen LogP contribution in [-0.4, -0.2) is 37.3 Å². The molecule has 0 spiro atoms. The van der Waals surface area contributed by atoms with Crippen molar-refractivity contribution in [1.82, 2.24) is 0 Å². The monoisotopic (exact) mass is 439 g/mol. The lowest BCUT2D eigenvalue weighted by Crippen LogP contribution is -3.00. The van der Waals surface area contributed by atoms with Crippen LogP contribution in [0.3, 0.4) is 0 Å². The van der Waals surface area contributed by atoms with Crippen LogP contribution in [0.2, 0.25) is 0 Å². The lowest BCUT2D eigenvalue weighted by Gasteiger charge is -2.34. The molecule has 0 N–H and O–H groups in total. The topological polar surface area (TPSA) is 9.23 Å². The number of likely N-dealkylation sites (N-methyl/N-ethyl adjacent to an activating group) is 1. The summed E-state index contributed by atoms with van der Waals surface area (Å²) in [6.45, 7) is 9.98. The Labute approximate surface area is 164 Å². The first-order valence-corrected chi connectivity index (χ1v) is 8.68. The zero-order valence-electron chi connectivity index (χ0n) is 15.3. The van der Waals surface area contributed by atoms with E-state index in [1.165, 1.54) is 11.1 Å². The highest BCUT2D eigenvalue weighted by atomic mass is 127. The molecule has 0 bridgehead atoms. The van der Waals surface area contributed by atoms with Crippen molar-refractivity contribution in [2.24, 2.45) is 0 Å². The van der Waals surface area contributed by atoms with Crippen LogP contribution >= 0.6 is 0 Å². The Morgan fingerprint density at radius 2 is 1.50 bits per heavy atom. The number of ether oxygens (including phenoxy) is 1. The quantitative estimate of drug-likeness (QED) is 0.448. The van der Waals surface area contributed by atoms with E-state index in [1.807, 2.05) is 0 Å². The van der Waals surface area contributed by atoms with Crippen molar-refractivity contribution in [3.05, 3.63) is 65.7 Å². The average molecular weight is 439 g/mol. The van der Waals surface area contributed by atoms with Gasteiger partial charge in [-0.3, -0.25) is 0 Å². The number of rotatable bonds is 8. The predicted molar refractivity (Wildman–Crippen MR) is 97.9 cm³/mol. The minimum Gasteiger partial charge on any atom is -1.00 e. The van der Waals surface area contributed by atoms with E-state index in [2.05, 4.69) is 82.4 Å². The fourth-order valence-corrected chi connectivity index (χ4v) is 2.94. The van der Waals surface area contributed by atoms with Gasteiger partial charge < -0.3 is 33.2 Å². The van der Waals surface area contributed by atoms with E-state index in [4.69, 9.17) is 4.74 Å². The third-order valence-electron chi connectivity index (χ3n) is 4.76. The van der Waals surface area contributed by atoms with E-state index in [0.29, 0.717) is 0 Å². The van der Waals surface area contributed by atoms with Crippen LogP contribution < -0.4 is 28.7 Å². The van der Waals surface area contributed by atoms with Crippen LogP contribution in [0.25, 0.3) is 0 Å². The molecular weight excluding hydrogens is 409 g/mol. The summed E-state index contributed by atoms with van der Waals surface area (Å²) in [5.74, 6) is 1.02. The molecule has 0 heterocycles. The summed E-state index contributed by atoms with van der Waals surface area (Å²) >= 11 is 0. The molecule has 0 aromatic heterocycles. The first-order valence-electron chi connectivity index (χ1n) is 8.68. The minimum absolute atomic E-state index is 0. The van der Waals surface area contributed by atoms with Gasteiger partial charge in [0.1, 0.15) is 18.4 Å². The highest BCUT2D eigenvalue weighted by molar-refractivity contribution is 5.37. The molecular formula is C21H30INO. The zero-order chi connectivity index (χ0) is 16.7. The van der Waals surface area contributed by atoms with Crippen molar-refractivity contribution < 1.29 is 33.2 Å². The summed E-state index contributed by atoms with van der Waals surface area (Å²) in [4.78, 5) is 0. The Kier molecular flexibility index (Phi) is 8.78. The second-order valence-corrected chi connectivity index (χ2v) is 6.63. The molecule has 132 valence electrons. The molecule has 24 heavy (non-hydrogen) atoms. The summed E-state index contributed by atoms with van der Waals surface area (Å²) in [5, 5.41) is 0. The molecule has 0 amide bonds. The van der Waals surface area contributed by atoms with E-state index in [-0.39, 0.29) is 30.1 Å². The molecule has 0 radical (unpaired) electrons. The Bertz CT molecular complexity index is 596. The molecule has 0 saturated heterocycles. The number of hydrogen-bond donors (Lipinski definition) is 0. The summed E-state index contributed by atoms with van der Waals surface area (Å²) in [6.07, 6.45) is 1.12. The van der Waals surface area contributed by atoms with Gasteiger partial charge in [-0.2, -0.15) is 0 Å². The zero-order valence-corrected chi connectivity index (χ0v) is 17.5. The van der Waals surface area contributed by atoms with Gasteiger partial charge in [0.25, 0.3) is 0 Å². The van der Waals surface area contributed by atoms with Crippen molar-refractivity contribution in [3.8, 4) is 5.75 Å². The SMILES string of the molecule is CC[N+](C)(CC)CC(C)Oc1ccccc1Cc1ccccc1.[I-]. The Hall–Kier alpha value is -1.07. The van der Waals surface area contributed by atoms with Crippen LogP contribution in [0, 0.1) is 0 Å². The molecule has 0 aliphatic heterocycles. The average Bonchev–Trinajstić information content (AvgIpc) is 2.57. The van der Waals surface area contributed by atoms with E-state index >= 15 is 0 Å². The van der Waals surface area contributed by atoms with Crippen molar-refractivity contribution in [2.45, 2.75) is 33.3 Å². The van der Waals surface area contributed by atoms with Gasteiger partial charge in [0.05, 0.1) is 20.1 Å². The number of hydrogen-bond acceptors (Lipinski definition) is 1. The van der Waals surface area contributed by atoms with E-state index < -0.39 is 0 Å². The Morgan fingerprint density at radius 3 is 2.12 bits per heavy atom. The molecule has 0 aliphatic rings. The van der Waals surface area contributed by atoms with Gasteiger partial charge in [-0.25, -0.2) is 0 Å². The molecule has 1 atom stereocenters. The fourth-order valence-electron chi connectivity index (χ4n) is 2.94. The number of benzene rings is 2. The molecule has 2 nitrogen and oxygen atoms in total. The van der Waals surface area contributed by atoms with Gasteiger partial charge >= 0.3 is 0 Å². The van der Waals surface area contributed by atoms with Crippen LogP contribution in [0.5, 0.6) is 5.75 Å². The summed E-state index contributed by atoms with van der Waals surface area (Å²) < 4.78 is 7.35. The maximum Gasteiger partial charge on any atom is 0.145 e. The second kappa shape index (κ2) is 10.0. The summed E-state index contributed by atoms with van der Waals surface area (Å²) in [5.41, 5.74) is 2.58. The van der Waals surface area contributed by atoms with Crippen LogP contribution in [0.15, 0.2) is 54.6 Å². The van der Waals surface area contributed by atoms with Gasteiger partial charge in [0, 0.05) is 6.42 Å². The van der Waals surface area contributed by atoms with Gasteiger partial charge in [0.2, 0.25) is 0 Å². The van der Waals surface area contributed by atoms with Gasteiger partial charge in [-0.05, 0) is 38.0 Å². The van der Waals surface area contributed by atoms with Crippen molar-refractivity contribution in [3.63, 3.8) is 0 Å². The standard InChI is InChI=1S/C21H30NO.HI/c1-5-22(4,6-2)17-18(3)23-21-15-11-10-14-20(21)16-19-12-8-7-9-13-19;/h7-15,18H,5-6,16-17H2,1-4H3;1H/q+1;/p-1. The maximum atomic E-state index is 6.30. The highest BCUT2D eigenvalue weighted by Gasteiger charge is 2.22. The normalized spacial score (nSPS) is 12.3. The van der Waals surface area contributed by atoms with Crippen LogP contribution in [0.4, 0.5) is 0 Å². The summed E-state index contributed by atoms with van der Waals surface area (Å²) in [7, 11) is 2.30. The van der Waals surface area contributed by atoms with Crippen LogP contribution in [-0.2, 0) is 6.42 Å². The molecule has 2 aromatic carbocycles. The minimum atomic E-state index is 0. The van der Waals surface area contributed by atoms with Gasteiger partial charge in [-0.15, -0.1) is 0 Å². The molecule has 1 unspecified atom stereocenters. The third kappa shape index (κ3) is 6.10. The number of quaternary nitrogens is 1. The van der Waals surface area contributed by atoms with Gasteiger partial charge in [0.15, 0.2) is 0 Å². The van der Waals surface area contributed by atoms with Crippen molar-refractivity contribution in [1.29, 1.82) is 0 Å². The molecule has 0 saturated carbocycles. The predicted octanol–water partition coefficient (Wildman–Crippen LogP) is 1.54. The van der Waals surface area contributed by atoms with E-state index in [0.717, 1.165) is 36.3 Å². The largest absolute Gasteiger partial charge is 1.00 e. The lowest BCUT2D eigenvalue weighted by molar-refractivity contribution is -0.908. The van der Waals surface area contributed by atoms with E-state index in [1.54, 1.807) is 0 Å². The van der Waals surface area contributed by atoms with Crippen molar-refractivity contribution in [2.75, 3.05) is 26.7 Å². The number of nitrogens with zero attached hydrogens (tertiary/aromatic N) is 1. The molecule has 0 aliphatic carbocycles. The second-order valence-electron chi connectivity index (χ2n) is 6.63. The molecule has 3 heteroatoms. The van der Waals surface area contributed by atoms with Crippen LogP contribution in [0.1, 0.15) is 31.9 Å². The summed E-state index contributed by atoms with van der Waals surface area (Å²) in [6, 6.07) is 19.0. The Morgan fingerprint density at radius 1 is 0.917 bits per heavy atom. The van der Waals surface area contributed by atoms with Crippen molar-refractivity contribution >= 4 is 0 Å². The number of halogens is 1. The first-order chi connectivity index (χ1) is 11.1. The smallest absolute Gasteiger partial charge is 0.145 e. The Balaban J connectivity index is 0.00000288. The molecule has 2 aromatic rings. The molecule has 2 rings (SSSR count). The van der Waals surface area contributed by atoms with Gasteiger partial charge in [-0.1, -0.05) is 48.5 Å². The first kappa shape index (κ1) is 21.0. The fraction of sp³-hybridized carbons (Fsp3) is 0.429. The maximum absolute atomic E-state index is 6.30. The van der Waals surface area contributed by atoms with E-state index in [9.17, 15) is 0 Å². The number of para-hydroxylation sites is 1. The highest BCUT2D eigenvalue weighted by Crippen LogP contribution is 2.23.